The van der Waals surface area contributed by atoms with Crippen LogP contribution in [0.15, 0.2) is 29.2 Å². The molecule has 4 heteroatoms. The second-order valence-electron chi connectivity index (χ2n) is 5.88. The van der Waals surface area contributed by atoms with Crippen molar-refractivity contribution in [2.24, 2.45) is 5.92 Å². The molecule has 112 valence electrons. The number of hydrogen-bond acceptors (Lipinski definition) is 3. The van der Waals surface area contributed by atoms with Gasteiger partial charge in [0.05, 0.1) is 4.90 Å². The van der Waals surface area contributed by atoms with Crippen molar-refractivity contribution in [2.75, 3.05) is 12.8 Å². The normalized spacial score (nSPS) is 17.7. The van der Waals surface area contributed by atoms with E-state index in [1.165, 1.54) is 25.5 Å². The Labute approximate surface area is 122 Å². The third-order valence-electron chi connectivity index (χ3n) is 4.12. The Balaban J connectivity index is 2.18. The number of nitrogens with one attached hydrogen (secondary N) is 1. The monoisotopic (exact) mass is 295 g/mol. The van der Waals surface area contributed by atoms with Gasteiger partial charge in [-0.05, 0) is 43.0 Å². The van der Waals surface area contributed by atoms with E-state index in [1.807, 2.05) is 18.2 Å². The highest BCUT2D eigenvalue weighted by molar-refractivity contribution is 7.90. The summed E-state index contributed by atoms with van der Waals surface area (Å²) in [5.41, 5.74) is 1.10. The van der Waals surface area contributed by atoms with Gasteiger partial charge in [-0.15, -0.1) is 0 Å². The van der Waals surface area contributed by atoms with Crippen LogP contribution < -0.4 is 5.32 Å². The lowest BCUT2D eigenvalue weighted by molar-refractivity contribution is 0.261. The van der Waals surface area contributed by atoms with E-state index in [-0.39, 0.29) is 6.04 Å². The van der Waals surface area contributed by atoms with Gasteiger partial charge in [0, 0.05) is 12.3 Å². The number of sulfone groups is 1. The molecule has 0 aliphatic heterocycles. The van der Waals surface area contributed by atoms with Crippen molar-refractivity contribution in [3.8, 4) is 0 Å². The van der Waals surface area contributed by atoms with E-state index in [1.54, 1.807) is 6.07 Å². The highest BCUT2D eigenvalue weighted by Crippen LogP contribution is 2.35. The summed E-state index contributed by atoms with van der Waals surface area (Å²) in [4.78, 5) is 0.423. The van der Waals surface area contributed by atoms with Crippen LogP contribution in [0, 0.1) is 5.92 Å². The number of hydrogen-bond donors (Lipinski definition) is 1. The molecule has 0 bridgehead atoms. The molecule has 20 heavy (non-hydrogen) atoms. The number of rotatable bonds is 7. The second-order valence-corrected chi connectivity index (χ2v) is 7.90. The third-order valence-corrected chi connectivity index (χ3v) is 5.23. The fourth-order valence-electron chi connectivity index (χ4n) is 2.68. The molecule has 1 aromatic carbocycles. The summed E-state index contributed by atoms with van der Waals surface area (Å²) in [6, 6.07) is 7.69. The van der Waals surface area contributed by atoms with Gasteiger partial charge in [-0.1, -0.05) is 38.3 Å². The first kappa shape index (κ1) is 15.5. The molecule has 1 N–H and O–H groups in total. The van der Waals surface area contributed by atoms with Crippen molar-refractivity contribution in [3.05, 3.63) is 29.8 Å². The summed E-state index contributed by atoms with van der Waals surface area (Å²) in [7, 11) is -3.13. The van der Waals surface area contributed by atoms with E-state index in [2.05, 4.69) is 12.2 Å². The Morgan fingerprint density at radius 3 is 2.65 bits per heavy atom. The Kier molecular flexibility index (Phi) is 5.22. The highest BCUT2D eigenvalue weighted by Gasteiger charge is 2.23. The fourth-order valence-corrected chi connectivity index (χ4v) is 3.36. The van der Waals surface area contributed by atoms with Gasteiger partial charge in [-0.25, -0.2) is 8.42 Å². The first-order valence-electron chi connectivity index (χ1n) is 7.54. The van der Waals surface area contributed by atoms with Crippen LogP contribution in [-0.4, -0.2) is 21.2 Å². The molecule has 0 saturated heterocycles. The molecular weight excluding hydrogens is 270 g/mol. The molecule has 2 rings (SSSR count). The first-order valence-corrected chi connectivity index (χ1v) is 9.43. The van der Waals surface area contributed by atoms with Crippen molar-refractivity contribution in [2.45, 2.75) is 50.0 Å². The summed E-state index contributed by atoms with van der Waals surface area (Å²) in [6.07, 6.45) is 7.45. The van der Waals surface area contributed by atoms with Crippen molar-refractivity contribution in [1.82, 2.24) is 5.32 Å². The van der Waals surface area contributed by atoms with Crippen molar-refractivity contribution >= 4 is 9.84 Å². The zero-order chi connectivity index (χ0) is 14.6. The predicted molar refractivity (Wildman–Crippen MR) is 82.5 cm³/mol. The van der Waals surface area contributed by atoms with Gasteiger partial charge >= 0.3 is 0 Å². The molecule has 0 amide bonds. The maximum absolute atomic E-state index is 11.7. The smallest absolute Gasteiger partial charge is 0.175 e. The van der Waals surface area contributed by atoms with Crippen molar-refractivity contribution < 1.29 is 8.42 Å². The summed E-state index contributed by atoms with van der Waals surface area (Å²) in [5, 5.41) is 3.57. The van der Waals surface area contributed by atoms with Crippen LogP contribution in [0.4, 0.5) is 0 Å². The summed E-state index contributed by atoms with van der Waals surface area (Å²) in [5.74, 6) is 0.797. The van der Waals surface area contributed by atoms with Gasteiger partial charge in [0.25, 0.3) is 0 Å². The molecule has 1 aliphatic rings. The molecule has 0 heterocycles. The Hall–Kier alpha value is -0.870. The lowest BCUT2D eigenvalue weighted by atomic mass is 9.79. The molecule has 0 aromatic heterocycles. The van der Waals surface area contributed by atoms with Gasteiger partial charge < -0.3 is 5.32 Å². The third kappa shape index (κ3) is 4.06. The van der Waals surface area contributed by atoms with E-state index < -0.39 is 9.84 Å². The van der Waals surface area contributed by atoms with Crippen LogP contribution >= 0.6 is 0 Å². The van der Waals surface area contributed by atoms with Crippen molar-refractivity contribution in [1.29, 1.82) is 0 Å². The molecular formula is C16H25NO2S. The van der Waals surface area contributed by atoms with Crippen molar-refractivity contribution in [3.63, 3.8) is 0 Å². The molecule has 1 saturated carbocycles. The van der Waals surface area contributed by atoms with Crippen LogP contribution in [0.3, 0.4) is 0 Å². The minimum atomic E-state index is -3.13. The van der Waals surface area contributed by atoms with Crippen LogP contribution in [0.25, 0.3) is 0 Å². The summed E-state index contributed by atoms with van der Waals surface area (Å²) in [6.45, 7) is 3.13. The molecule has 3 nitrogen and oxygen atoms in total. The lowest BCUT2D eigenvalue weighted by Crippen LogP contribution is -2.26. The minimum absolute atomic E-state index is 0.280. The average molecular weight is 295 g/mol. The molecule has 1 atom stereocenters. The Morgan fingerprint density at radius 2 is 2.10 bits per heavy atom. The predicted octanol–water partition coefficient (Wildman–Crippen LogP) is 3.32. The van der Waals surface area contributed by atoms with Crippen LogP contribution in [0.5, 0.6) is 0 Å². The fraction of sp³-hybridized carbons (Fsp3) is 0.625. The average Bonchev–Trinajstić information content (AvgIpc) is 2.36. The maximum atomic E-state index is 11.7. The van der Waals surface area contributed by atoms with E-state index >= 15 is 0 Å². The Bertz CT molecular complexity index is 535. The van der Waals surface area contributed by atoms with Crippen LogP contribution in [0.2, 0.25) is 0 Å². The lowest BCUT2D eigenvalue weighted by Gasteiger charge is -2.30. The van der Waals surface area contributed by atoms with Crippen LogP contribution in [0.1, 0.15) is 50.6 Å². The zero-order valence-electron chi connectivity index (χ0n) is 12.4. The van der Waals surface area contributed by atoms with E-state index in [9.17, 15) is 8.42 Å². The second kappa shape index (κ2) is 6.72. The standard InChI is InChI=1S/C16H25NO2S/c1-3-10-17-16(11-13-6-4-7-13)14-8-5-9-15(12-14)20(2,18)19/h5,8-9,12-13,16-17H,3-4,6-7,10-11H2,1-2H3. The topological polar surface area (TPSA) is 46.2 Å². The minimum Gasteiger partial charge on any atom is -0.310 e. The molecule has 1 fully saturated rings. The van der Waals surface area contributed by atoms with Gasteiger partial charge in [-0.2, -0.15) is 0 Å². The van der Waals surface area contributed by atoms with Gasteiger partial charge in [0.1, 0.15) is 0 Å². The summed E-state index contributed by atoms with van der Waals surface area (Å²) < 4.78 is 23.4. The molecule has 0 radical (unpaired) electrons. The quantitative estimate of drug-likeness (QED) is 0.839. The SMILES string of the molecule is CCCNC(CC1CCC1)c1cccc(S(C)(=O)=O)c1. The highest BCUT2D eigenvalue weighted by atomic mass is 32.2. The largest absolute Gasteiger partial charge is 0.310 e. The van der Waals surface area contributed by atoms with Crippen LogP contribution in [-0.2, 0) is 9.84 Å². The maximum Gasteiger partial charge on any atom is 0.175 e. The molecule has 1 aromatic rings. The summed E-state index contributed by atoms with van der Waals surface area (Å²) >= 11 is 0. The van der Waals surface area contributed by atoms with E-state index in [4.69, 9.17) is 0 Å². The number of benzene rings is 1. The van der Waals surface area contributed by atoms with Gasteiger partial charge in [0.15, 0.2) is 9.84 Å². The molecule has 0 spiro atoms. The van der Waals surface area contributed by atoms with E-state index in [0.29, 0.717) is 4.90 Å². The van der Waals surface area contributed by atoms with Gasteiger partial charge in [-0.3, -0.25) is 0 Å². The zero-order valence-corrected chi connectivity index (χ0v) is 13.2. The van der Waals surface area contributed by atoms with E-state index in [0.717, 1.165) is 30.9 Å². The first-order chi connectivity index (χ1) is 9.50. The molecule has 1 aliphatic carbocycles. The molecule has 1 unspecified atom stereocenters. The Morgan fingerprint density at radius 1 is 1.35 bits per heavy atom. The van der Waals surface area contributed by atoms with Gasteiger partial charge in [0.2, 0.25) is 0 Å².